The van der Waals surface area contributed by atoms with Gasteiger partial charge in [0.15, 0.2) is 0 Å². The van der Waals surface area contributed by atoms with Crippen molar-refractivity contribution in [3.63, 3.8) is 0 Å². The van der Waals surface area contributed by atoms with Gasteiger partial charge in [-0.25, -0.2) is 4.98 Å². The number of pyridine rings is 1. The number of nitro groups is 1. The van der Waals surface area contributed by atoms with Crippen LogP contribution < -0.4 is 14.9 Å². The van der Waals surface area contributed by atoms with Gasteiger partial charge in [0.25, 0.3) is 5.91 Å². The van der Waals surface area contributed by atoms with E-state index < -0.39 is 51.2 Å². The summed E-state index contributed by atoms with van der Waals surface area (Å²) in [6.45, 7) is 13.3. The molecule has 3 aromatic carbocycles. The van der Waals surface area contributed by atoms with Gasteiger partial charge in [0.05, 0.1) is 5.56 Å². The predicted molar refractivity (Wildman–Crippen MR) is 266 cm³/mol. The van der Waals surface area contributed by atoms with E-state index in [0.29, 0.717) is 36.0 Å². The van der Waals surface area contributed by atoms with Gasteiger partial charge >= 0.3 is 152 Å². The van der Waals surface area contributed by atoms with Crippen molar-refractivity contribution >= 4 is 80.5 Å². The number of carbonyl (C=O) groups is 1. The molecule has 352 valence electrons. The number of benzene rings is 3. The third-order valence-corrected chi connectivity index (χ3v) is 18.3. The number of amides is 1. The number of halogens is 1. The number of hydrogen-bond acceptors (Lipinski definition) is 13. The molecule has 2 aliphatic heterocycles. The Hall–Kier alpha value is -4.58. The summed E-state index contributed by atoms with van der Waals surface area (Å²) in [6, 6.07) is 20.1. The Bertz CT molecular complexity index is 2750. The molecule has 0 radical (unpaired) electrons. The number of H-pyrrole nitrogens is 1. The number of sulfonamides is 1. The molecule has 4 heterocycles. The molecule has 0 saturated carbocycles. The van der Waals surface area contributed by atoms with Crippen LogP contribution in [0.4, 0.5) is 17.1 Å². The molecule has 2 saturated heterocycles. The van der Waals surface area contributed by atoms with Crippen molar-refractivity contribution < 1.29 is 28.1 Å². The number of aliphatic hydroxyl groups is 1. The van der Waals surface area contributed by atoms with Gasteiger partial charge in [0.2, 0.25) is 0 Å². The summed E-state index contributed by atoms with van der Waals surface area (Å²) >= 11 is 7.55. The van der Waals surface area contributed by atoms with E-state index in [9.17, 15) is 33.3 Å². The molecule has 66 heavy (non-hydrogen) atoms. The number of nitrogens with zero attached hydrogens (tertiary/aromatic N) is 5. The zero-order valence-corrected chi connectivity index (χ0v) is 41.0. The molecule has 2 fully saturated rings. The Labute approximate surface area is 395 Å². The van der Waals surface area contributed by atoms with Gasteiger partial charge < -0.3 is 9.88 Å². The molecule has 2 aromatic heterocycles. The minimum absolute atomic E-state index is 0.0103. The second-order valence-electron chi connectivity index (χ2n) is 18.8. The fourth-order valence-corrected chi connectivity index (χ4v) is 13.0. The third kappa shape index (κ3) is 11.2. The van der Waals surface area contributed by atoms with Gasteiger partial charge in [-0.15, -0.1) is 0 Å². The normalized spacial score (nSPS) is 19.6. The summed E-state index contributed by atoms with van der Waals surface area (Å²) in [5, 5.41) is 27.9. The first-order valence-electron chi connectivity index (χ1n) is 22.3. The summed E-state index contributed by atoms with van der Waals surface area (Å²) in [6.07, 6.45) is 6.88. The third-order valence-electron chi connectivity index (χ3n) is 13.1. The molecule has 0 bridgehead atoms. The van der Waals surface area contributed by atoms with Crippen molar-refractivity contribution in [2.45, 2.75) is 67.0 Å². The number of aromatic amines is 1. The average Bonchev–Trinajstić information content (AvgIpc) is 3.75. The molecule has 2 atom stereocenters. The van der Waals surface area contributed by atoms with E-state index in [1.54, 1.807) is 25.4 Å². The number of nitrogens with one attached hydrogen (secondary N) is 3. The molecule has 1 unspecified atom stereocenters. The Balaban J connectivity index is 0.993. The summed E-state index contributed by atoms with van der Waals surface area (Å²) in [7, 11) is -6.89. The maximum absolute atomic E-state index is 14.1. The number of allylic oxidation sites excluding steroid dienone is 1. The van der Waals surface area contributed by atoms with Gasteiger partial charge in [0.1, 0.15) is 5.65 Å². The molecule has 19 heteroatoms. The molecular formula is C47H58ClN8O7PS2. The Morgan fingerprint density at radius 2 is 1.76 bits per heavy atom. The molecule has 1 amide bonds. The van der Waals surface area contributed by atoms with Crippen LogP contribution in [0.2, 0.25) is 5.02 Å². The van der Waals surface area contributed by atoms with Gasteiger partial charge in [-0.3, -0.25) is 9.69 Å². The van der Waals surface area contributed by atoms with Crippen molar-refractivity contribution in [2.24, 2.45) is 5.41 Å². The van der Waals surface area contributed by atoms with Crippen molar-refractivity contribution in [2.75, 3.05) is 75.0 Å². The number of anilines is 2. The summed E-state index contributed by atoms with van der Waals surface area (Å²) in [5.74, 6) is -0.893. The van der Waals surface area contributed by atoms with E-state index in [2.05, 4.69) is 55.8 Å². The zero-order valence-electron chi connectivity index (χ0n) is 37.6. The van der Waals surface area contributed by atoms with Crippen molar-refractivity contribution in [3.05, 3.63) is 117 Å². The second kappa shape index (κ2) is 19.6. The van der Waals surface area contributed by atoms with Crippen LogP contribution in [-0.4, -0.2) is 126 Å². The van der Waals surface area contributed by atoms with Gasteiger partial charge in [-0.1, -0.05) is 54.9 Å². The second-order valence-corrected chi connectivity index (χ2v) is 26.0. The summed E-state index contributed by atoms with van der Waals surface area (Å²) < 4.78 is 29.8. The fourth-order valence-electron chi connectivity index (χ4n) is 9.07. The average molecular weight is 978 g/mol. The summed E-state index contributed by atoms with van der Waals surface area (Å²) in [5.41, 5.74) is 5.52. The Morgan fingerprint density at radius 1 is 1.03 bits per heavy atom. The fraction of sp³-hybridized carbons (Fsp3) is 0.404. The minimum atomic E-state index is -4.60. The number of fused-ring (bicyclic) bond motifs is 1. The van der Waals surface area contributed by atoms with E-state index in [1.807, 2.05) is 48.0 Å². The molecule has 8 rings (SSSR count). The predicted octanol–water partition coefficient (Wildman–Crippen LogP) is 7.90. The number of nitro benzene ring substituents is 1. The van der Waals surface area contributed by atoms with Crippen LogP contribution in [-0.2, 0) is 10.0 Å². The van der Waals surface area contributed by atoms with E-state index >= 15 is 0 Å². The van der Waals surface area contributed by atoms with Gasteiger partial charge in [-0.2, -0.15) is 0 Å². The molecule has 15 nitrogen and oxygen atoms in total. The van der Waals surface area contributed by atoms with Crippen LogP contribution in [0, 0.1) is 15.5 Å². The monoisotopic (exact) mass is 976 g/mol. The Morgan fingerprint density at radius 3 is 2.47 bits per heavy atom. The molecule has 5 N–H and O–H groups in total. The van der Waals surface area contributed by atoms with E-state index in [1.165, 1.54) is 40.6 Å². The maximum atomic E-state index is 14.1. The first-order chi connectivity index (χ1) is 31.3. The number of aliphatic hydroxyl groups excluding tert-OH is 1. The molecule has 0 spiro atoms. The van der Waals surface area contributed by atoms with Crippen LogP contribution >= 0.6 is 30.9 Å². The van der Waals surface area contributed by atoms with Gasteiger partial charge in [0, 0.05) is 71.0 Å². The summed E-state index contributed by atoms with van der Waals surface area (Å²) in [4.78, 5) is 51.1. The zero-order chi connectivity index (χ0) is 47.0. The van der Waals surface area contributed by atoms with Crippen LogP contribution in [0.3, 0.4) is 0 Å². The molecule has 3 aliphatic rings. The number of rotatable bonds is 14. The molecule has 1 aliphatic carbocycles. The first-order valence-corrected chi connectivity index (χ1v) is 27.8. The van der Waals surface area contributed by atoms with E-state index in [0.717, 1.165) is 79.0 Å². The number of piperazine rings is 1. The van der Waals surface area contributed by atoms with Crippen molar-refractivity contribution in [3.8, 4) is 0 Å². The number of carbonyl (C=O) groups excluding carboxylic acids is 1. The SMILES string of the molecule is CC(Nc1ccc(S(=O)(=O)NC(=O)c2ccc(N3CCN(CC4=C(c5ccc(Cl)cc5)CC(C)(C)CC4)CC3)cc2Sc2cnc3[nH]ccc3c2)cc1[N+](=O)[O-])[C@H](O)N1CC[PH](C)(O)CC1. The number of hydrogen-bond donors (Lipinski definition) is 5. The Kier molecular flexibility index (Phi) is 14.2. The van der Waals surface area contributed by atoms with Crippen molar-refractivity contribution in [1.29, 1.82) is 0 Å². The quantitative estimate of drug-likeness (QED) is 0.0410. The number of aromatic nitrogens is 2. The van der Waals surface area contributed by atoms with Crippen LogP contribution in [0.25, 0.3) is 16.6 Å². The van der Waals surface area contributed by atoms with Crippen LogP contribution in [0.1, 0.15) is 56.0 Å². The molecule has 5 aromatic rings. The van der Waals surface area contributed by atoms with Gasteiger partial charge in [-0.05, 0) is 78.3 Å². The van der Waals surface area contributed by atoms with Crippen LogP contribution in [0.5, 0.6) is 0 Å². The topological polar surface area (TPSA) is 197 Å². The molecular weight excluding hydrogens is 919 g/mol. The van der Waals surface area contributed by atoms with Crippen LogP contribution in [0.15, 0.2) is 105 Å². The van der Waals surface area contributed by atoms with E-state index in [-0.39, 0.29) is 16.7 Å². The van der Waals surface area contributed by atoms with Crippen molar-refractivity contribution in [1.82, 2.24) is 24.5 Å². The standard InChI is InChI=1S/C47H58ClN8O7PS2/c1-31(46(58)55-21-23-64(4,61)24-22-55)51-41-12-10-38(27-42(41)56(59)60)66(62,63)52-45(57)39-11-9-36(26-43(39)65-37-25-33-14-16-49-44(33)50-29-37)54-19-17-53(18-20-54)30-34-13-15-47(2,3)28-40(34)32-5-7-35(48)8-6-32/h5-12,14,16,25-27,29,31,46,51,58,61,64H,13,15,17-24,28,30H2,1-4H3,(H,49,50)(H,52,57)/t31?,46-/m0/s1. The first kappa shape index (κ1) is 47.9. The van der Waals surface area contributed by atoms with E-state index in [4.69, 9.17) is 11.6 Å².